The molecule has 19 heavy (non-hydrogen) atoms. The van der Waals surface area contributed by atoms with E-state index >= 15 is 0 Å². The Morgan fingerprint density at radius 2 is 1.89 bits per heavy atom. The van der Waals surface area contributed by atoms with Gasteiger partial charge in [-0.25, -0.2) is 0 Å². The van der Waals surface area contributed by atoms with Crippen LogP contribution < -0.4 is 10.6 Å². The van der Waals surface area contributed by atoms with Gasteiger partial charge in [-0.2, -0.15) is 0 Å². The number of nitrogens with one attached hydrogen (secondary N) is 2. The molecule has 3 N–H and O–H groups in total. The summed E-state index contributed by atoms with van der Waals surface area (Å²) >= 11 is 0. The van der Waals surface area contributed by atoms with Gasteiger partial charge in [0, 0.05) is 12.7 Å². The fourth-order valence-electron chi connectivity index (χ4n) is 1.41. The first-order valence-electron chi connectivity index (χ1n) is 5.78. The maximum atomic E-state index is 11.7. The van der Waals surface area contributed by atoms with Gasteiger partial charge in [0.15, 0.2) is 0 Å². The van der Waals surface area contributed by atoms with E-state index in [1.54, 1.807) is 24.3 Å². The van der Waals surface area contributed by atoms with Gasteiger partial charge in [0.1, 0.15) is 5.92 Å². The van der Waals surface area contributed by atoms with Gasteiger partial charge in [0.05, 0.1) is 6.42 Å². The smallest absolute Gasteiger partial charge is 0.315 e. The second-order valence-corrected chi connectivity index (χ2v) is 4.06. The Labute approximate surface area is 110 Å². The number of hydrogen-bond acceptors (Lipinski definition) is 3. The van der Waals surface area contributed by atoms with Crippen molar-refractivity contribution in [1.82, 2.24) is 5.32 Å². The number of anilines is 1. The van der Waals surface area contributed by atoms with E-state index in [1.165, 1.54) is 14.0 Å². The molecule has 0 aliphatic carbocycles. The number of carbonyl (C=O) groups is 3. The third-order valence-corrected chi connectivity index (χ3v) is 2.67. The second kappa shape index (κ2) is 6.53. The van der Waals surface area contributed by atoms with E-state index in [-0.39, 0.29) is 12.3 Å². The number of carboxylic acid groups (broad SMARTS) is 1. The largest absolute Gasteiger partial charge is 0.481 e. The summed E-state index contributed by atoms with van der Waals surface area (Å²) in [6.07, 6.45) is 0.119. The first-order chi connectivity index (χ1) is 8.95. The van der Waals surface area contributed by atoms with Crippen LogP contribution >= 0.6 is 0 Å². The number of likely N-dealkylation sites (N-methyl/N-ethyl adjacent to an activating group) is 1. The number of benzene rings is 1. The van der Waals surface area contributed by atoms with Crippen LogP contribution in [0.15, 0.2) is 24.3 Å². The Morgan fingerprint density at radius 3 is 2.47 bits per heavy atom. The molecule has 6 heteroatoms. The van der Waals surface area contributed by atoms with Gasteiger partial charge < -0.3 is 15.7 Å². The highest BCUT2D eigenvalue weighted by Gasteiger charge is 2.21. The molecule has 0 spiro atoms. The fourth-order valence-corrected chi connectivity index (χ4v) is 1.41. The fraction of sp³-hybridized carbons (Fsp3) is 0.308. The van der Waals surface area contributed by atoms with E-state index in [0.717, 1.165) is 0 Å². The molecular weight excluding hydrogens is 248 g/mol. The minimum Gasteiger partial charge on any atom is -0.481 e. The first kappa shape index (κ1) is 14.7. The highest BCUT2D eigenvalue weighted by Crippen LogP contribution is 2.16. The van der Waals surface area contributed by atoms with Gasteiger partial charge in [0.25, 0.3) is 0 Å². The van der Waals surface area contributed by atoms with Crippen LogP contribution in [-0.4, -0.2) is 29.9 Å². The maximum absolute atomic E-state index is 11.7. The predicted molar refractivity (Wildman–Crippen MR) is 69.6 cm³/mol. The number of hydrogen-bond donors (Lipinski definition) is 3. The highest BCUT2D eigenvalue weighted by molar-refractivity contribution is 6.04. The summed E-state index contributed by atoms with van der Waals surface area (Å²) in [4.78, 5) is 33.7. The predicted octanol–water partition coefficient (Wildman–Crippen LogP) is 0.634. The van der Waals surface area contributed by atoms with Crippen molar-refractivity contribution in [1.29, 1.82) is 0 Å². The molecule has 0 aliphatic rings. The Kier molecular flexibility index (Phi) is 5.05. The zero-order valence-electron chi connectivity index (χ0n) is 10.8. The number of aliphatic carboxylic acids is 1. The lowest BCUT2D eigenvalue weighted by atomic mass is 10.1. The third-order valence-electron chi connectivity index (χ3n) is 2.67. The SMILES string of the molecule is CNC(=O)Cc1ccccc1NC(=O)C(C)C(=O)O. The Hall–Kier alpha value is -2.37. The van der Waals surface area contributed by atoms with Gasteiger partial charge in [-0.1, -0.05) is 18.2 Å². The molecule has 102 valence electrons. The van der Waals surface area contributed by atoms with Gasteiger partial charge in [0.2, 0.25) is 11.8 Å². The molecule has 6 nitrogen and oxygen atoms in total. The summed E-state index contributed by atoms with van der Waals surface area (Å²) in [5.41, 5.74) is 1.08. The van der Waals surface area contributed by atoms with Crippen molar-refractivity contribution in [3.63, 3.8) is 0 Å². The van der Waals surface area contributed by atoms with Crippen molar-refractivity contribution in [2.75, 3.05) is 12.4 Å². The molecule has 2 amide bonds. The number of rotatable bonds is 5. The Morgan fingerprint density at radius 1 is 1.26 bits per heavy atom. The van der Waals surface area contributed by atoms with Crippen LogP contribution in [-0.2, 0) is 20.8 Å². The lowest BCUT2D eigenvalue weighted by Crippen LogP contribution is -2.28. The maximum Gasteiger partial charge on any atom is 0.315 e. The van der Waals surface area contributed by atoms with Crippen molar-refractivity contribution in [3.05, 3.63) is 29.8 Å². The lowest BCUT2D eigenvalue weighted by molar-refractivity contribution is -0.144. The van der Waals surface area contributed by atoms with Crippen LogP contribution in [0.2, 0.25) is 0 Å². The van der Waals surface area contributed by atoms with Crippen LogP contribution in [0.4, 0.5) is 5.69 Å². The number of para-hydroxylation sites is 1. The molecule has 0 radical (unpaired) electrons. The molecule has 1 unspecified atom stereocenters. The van der Waals surface area contributed by atoms with Crippen LogP contribution in [0.3, 0.4) is 0 Å². The van der Waals surface area contributed by atoms with E-state index in [0.29, 0.717) is 11.3 Å². The average molecular weight is 264 g/mol. The summed E-state index contributed by atoms with van der Waals surface area (Å²) < 4.78 is 0. The van der Waals surface area contributed by atoms with E-state index in [4.69, 9.17) is 5.11 Å². The third kappa shape index (κ3) is 4.09. The monoisotopic (exact) mass is 264 g/mol. The molecule has 0 heterocycles. The molecular formula is C13H16N2O4. The standard InChI is InChI=1S/C13H16N2O4/c1-8(13(18)19)12(17)15-10-6-4-3-5-9(10)7-11(16)14-2/h3-6,8H,7H2,1-2H3,(H,14,16)(H,15,17)(H,18,19). The normalized spacial score (nSPS) is 11.5. The summed E-state index contributed by atoms with van der Waals surface area (Å²) in [5.74, 6) is -3.14. The van der Waals surface area contributed by atoms with E-state index in [2.05, 4.69) is 10.6 Å². The molecule has 0 saturated carbocycles. The summed E-state index contributed by atoms with van der Waals surface area (Å²) in [6, 6.07) is 6.78. The van der Waals surface area contributed by atoms with Crippen LogP contribution in [0, 0.1) is 5.92 Å². The van der Waals surface area contributed by atoms with Crippen molar-refractivity contribution < 1.29 is 19.5 Å². The molecule has 1 aromatic carbocycles. The number of amides is 2. The number of carboxylic acids is 1. The molecule has 1 rings (SSSR count). The lowest BCUT2D eigenvalue weighted by Gasteiger charge is -2.12. The minimum absolute atomic E-state index is 0.119. The molecule has 1 aromatic rings. The summed E-state index contributed by atoms with van der Waals surface area (Å²) in [6.45, 7) is 1.30. The number of carbonyl (C=O) groups excluding carboxylic acids is 2. The second-order valence-electron chi connectivity index (χ2n) is 4.06. The molecule has 0 aromatic heterocycles. The van der Waals surface area contributed by atoms with E-state index in [9.17, 15) is 14.4 Å². The van der Waals surface area contributed by atoms with Gasteiger partial charge in [-0.15, -0.1) is 0 Å². The highest BCUT2D eigenvalue weighted by atomic mass is 16.4. The molecule has 0 saturated heterocycles. The summed E-state index contributed by atoms with van der Waals surface area (Å²) in [5, 5.41) is 13.8. The van der Waals surface area contributed by atoms with Crippen LogP contribution in [0.5, 0.6) is 0 Å². The quantitative estimate of drug-likeness (QED) is 0.680. The zero-order chi connectivity index (χ0) is 14.4. The zero-order valence-corrected chi connectivity index (χ0v) is 10.8. The average Bonchev–Trinajstić information content (AvgIpc) is 2.39. The minimum atomic E-state index is -1.19. The van der Waals surface area contributed by atoms with Crippen molar-refractivity contribution in [2.45, 2.75) is 13.3 Å². The first-order valence-corrected chi connectivity index (χ1v) is 5.78. The van der Waals surface area contributed by atoms with E-state index < -0.39 is 17.8 Å². The molecule has 0 aliphatic heterocycles. The summed E-state index contributed by atoms with van der Waals surface area (Å²) in [7, 11) is 1.52. The molecule has 0 fully saturated rings. The van der Waals surface area contributed by atoms with Gasteiger partial charge in [-0.3, -0.25) is 14.4 Å². The topological polar surface area (TPSA) is 95.5 Å². The van der Waals surface area contributed by atoms with E-state index in [1.807, 2.05) is 0 Å². The van der Waals surface area contributed by atoms with Crippen LogP contribution in [0.25, 0.3) is 0 Å². The Balaban J connectivity index is 2.86. The van der Waals surface area contributed by atoms with Crippen molar-refractivity contribution in [2.24, 2.45) is 5.92 Å². The van der Waals surface area contributed by atoms with Crippen LogP contribution in [0.1, 0.15) is 12.5 Å². The van der Waals surface area contributed by atoms with Gasteiger partial charge in [-0.05, 0) is 18.6 Å². The van der Waals surface area contributed by atoms with Crippen molar-refractivity contribution >= 4 is 23.5 Å². The molecule has 0 bridgehead atoms. The molecule has 1 atom stereocenters. The van der Waals surface area contributed by atoms with Gasteiger partial charge >= 0.3 is 5.97 Å². The Bertz CT molecular complexity index is 499. The van der Waals surface area contributed by atoms with Crippen molar-refractivity contribution in [3.8, 4) is 0 Å².